The van der Waals surface area contributed by atoms with Crippen LogP contribution >= 0.6 is 24.2 Å². The normalized spacial score (nSPS) is 12.6. The quantitative estimate of drug-likeness (QED) is 0.695. The molecule has 0 aromatic heterocycles. The van der Waals surface area contributed by atoms with Crippen molar-refractivity contribution in [1.82, 2.24) is 5.32 Å². The van der Waals surface area contributed by atoms with Gasteiger partial charge in [-0.1, -0.05) is 24.3 Å². The molecule has 0 aliphatic rings. The molecule has 0 aliphatic carbocycles. The van der Waals surface area contributed by atoms with Gasteiger partial charge in [0.05, 0.1) is 12.1 Å². The van der Waals surface area contributed by atoms with Crippen molar-refractivity contribution in [1.29, 1.82) is 0 Å². The fourth-order valence-corrected chi connectivity index (χ4v) is 2.75. The van der Waals surface area contributed by atoms with Gasteiger partial charge in [0.15, 0.2) is 11.6 Å². The Morgan fingerprint density at radius 2 is 1.96 bits per heavy atom. The van der Waals surface area contributed by atoms with Gasteiger partial charge in [0, 0.05) is 0 Å². The SMILES string of the molecule is CSCC[C@H](N)C(=O)NC(C)c1ccc(Oc2ccccc2)c(F)c1.Cl. The van der Waals surface area contributed by atoms with Gasteiger partial charge in [-0.2, -0.15) is 11.8 Å². The first kappa shape index (κ1) is 22.3. The molecule has 0 spiro atoms. The molecule has 1 amide bonds. The number of nitrogens with one attached hydrogen (secondary N) is 1. The number of thioether (sulfide) groups is 1. The predicted molar refractivity (Wildman–Crippen MR) is 108 cm³/mol. The molecule has 2 aromatic rings. The van der Waals surface area contributed by atoms with E-state index < -0.39 is 11.9 Å². The van der Waals surface area contributed by atoms with Gasteiger partial charge in [-0.3, -0.25) is 4.79 Å². The number of nitrogens with two attached hydrogens (primary N) is 1. The fraction of sp³-hybridized carbons (Fsp3) is 0.316. The summed E-state index contributed by atoms with van der Waals surface area (Å²) in [5.74, 6) is 0.824. The molecule has 0 radical (unpaired) electrons. The molecule has 142 valence electrons. The molecule has 0 aliphatic heterocycles. The number of hydrogen-bond donors (Lipinski definition) is 2. The number of halogens is 2. The minimum atomic E-state index is -0.555. The van der Waals surface area contributed by atoms with Crippen LogP contribution in [0.15, 0.2) is 48.5 Å². The Bertz CT molecular complexity index is 703. The Hall–Kier alpha value is -1.76. The van der Waals surface area contributed by atoms with E-state index in [-0.39, 0.29) is 30.1 Å². The van der Waals surface area contributed by atoms with Crippen LogP contribution in [0.4, 0.5) is 4.39 Å². The van der Waals surface area contributed by atoms with Gasteiger partial charge in [0.1, 0.15) is 5.75 Å². The van der Waals surface area contributed by atoms with Gasteiger partial charge in [-0.25, -0.2) is 4.39 Å². The Kier molecular flexibility index (Phi) is 9.48. The average molecular weight is 399 g/mol. The molecule has 0 bridgehead atoms. The summed E-state index contributed by atoms with van der Waals surface area (Å²) in [7, 11) is 0. The number of amides is 1. The number of carbonyl (C=O) groups excluding carboxylic acids is 1. The lowest BCUT2D eigenvalue weighted by molar-refractivity contribution is -0.123. The highest BCUT2D eigenvalue weighted by atomic mass is 35.5. The van der Waals surface area contributed by atoms with Gasteiger partial charge in [-0.15, -0.1) is 12.4 Å². The van der Waals surface area contributed by atoms with Crippen LogP contribution < -0.4 is 15.8 Å². The van der Waals surface area contributed by atoms with Crippen molar-refractivity contribution in [2.75, 3.05) is 12.0 Å². The summed E-state index contributed by atoms with van der Waals surface area (Å²) in [5, 5.41) is 2.82. The summed E-state index contributed by atoms with van der Waals surface area (Å²) >= 11 is 1.64. The summed E-state index contributed by atoms with van der Waals surface area (Å²) in [5.41, 5.74) is 6.51. The van der Waals surface area contributed by atoms with Crippen molar-refractivity contribution in [3.63, 3.8) is 0 Å². The highest BCUT2D eigenvalue weighted by Crippen LogP contribution is 2.26. The van der Waals surface area contributed by atoms with Crippen LogP contribution in [0.5, 0.6) is 11.5 Å². The van der Waals surface area contributed by atoms with Crippen molar-refractivity contribution in [2.24, 2.45) is 5.73 Å². The Morgan fingerprint density at radius 1 is 1.27 bits per heavy atom. The van der Waals surface area contributed by atoms with Gasteiger partial charge in [0.25, 0.3) is 0 Å². The van der Waals surface area contributed by atoms with E-state index in [0.29, 0.717) is 17.7 Å². The van der Waals surface area contributed by atoms with E-state index in [0.717, 1.165) is 5.75 Å². The highest BCUT2D eigenvalue weighted by molar-refractivity contribution is 7.98. The summed E-state index contributed by atoms with van der Waals surface area (Å²) < 4.78 is 19.8. The maximum atomic E-state index is 14.3. The number of hydrogen-bond acceptors (Lipinski definition) is 4. The first-order chi connectivity index (χ1) is 12.0. The van der Waals surface area contributed by atoms with E-state index in [1.165, 1.54) is 6.07 Å². The Morgan fingerprint density at radius 3 is 2.58 bits per heavy atom. The van der Waals surface area contributed by atoms with Gasteiger partial charge < -0.3 is 15.8 Å². The van der Waals surface area contributed by atoms with Crippen LogP contribution in [0, 0.1) is 5.82 Å². The van der Waals surface area contributed by atoms with E-state index >= 15 is 0 Å². The first-order valence-corrected chi connectivity index (χ1v) is 9.48. The van der Waals surface area contributed by atoms with Crippen molar-refractivity contribution < 1.29 is 13.9 Å². The number of carbonyl (C=O) groups is 1. The van der Waals surface area contributed by atoms with Crippen LogP contribution in [-0.4, -0.2) is 24.0 Å². The standard InChI is InChI=1S/C19H23FN2O2S.ClH/c1-13(22-19(23)17(21)10-11-25-2)14-8-9-18(16(20)12-14)24-15-6-4-3-5-7-15;/h3-9,12-13,17H,10-11,21H2,1-2H3,(H,22,23);1H/t13?,17-;/m0./s1. The number of rotatable bonds is 8. The maximum Gasteiger partial charge on any atom is 0.237 e. The average Bonchev–Trinajstić information content (AvgIpc) is 2.62. The molecule has 2 aromatic carbocycles. The third-order valence-corrected chi connectivity index (χ3v) is 4.40. The fourth-order valence-electron chi connectivity index (χ4n) is 2.26. The summed E-state index contributed by atoms with van der Waals surface area (Å²) in [6.45, 7) is 1.80. The number of ether oxygens (including phenoxy) is 1. The highest BCUT2D eigenvalue weighted by Gasteiger charge is 2.17. The maximum absolute atomic E-state index is 14.3. The van der Waals surface area contributed by atoms with Crippen LogP contribution in [0.2, 0.25) is 0 Å². The molecule has 2 rings (SSSR count). The zero-order chi connectivity index (χ0) is 18.2. The van der Waals surface area contributed by atoms with Gasteiger partial charge >= 0.3 is 0 Å². The van der Waals surface area contributed by atoms with Crippen molar-refractivity contribution in [2.45, 2.75) is 25.4 Å². The van der Waals surface area contributed by atoms with Crippen LogP contribution in [0.3, 0.4) is 0 Å². The lowest BCUT2D eigenvalue weighted by Crippen LogP contribution is -2.41. The molecule has 4 nitrogen and oxygen atoms in total. The molecule has 0 saturated heterocycles. The van der Waals surface area contributed by atoms with E-state index in [4.69, 9.17) is 10.5 Å². The molecule has 3 N–H and O–H groups in total. The first-order valence-electron chi connectivity index (χ1n) is 8.08. The summed E-state index contributed by atoms with van der Waals surface area (Å²) in [4.78, 5) is 12.1. The predicted octanol–water partition coefficient (Wildman–Crippen LogP) is 4.30. The lowest BCUT2D eigenvalue weighted by atomic mass is 10.1. The molecular formula is C19H24ClFN2O2S. The molecule has 1 unspecified atom stereocenters. The molecule has 0 saturated carbocycles. The van der Waals surface area contributed by atoms with Crippen LogP contribution in [0.25, 0.3) is 0 Å². The molecular weight excluding hydrogens is 375 g/mol. The minimum absolute atomic E-state index is 0. The molecule has 7 heteroatoms. The Balaban J connectivity index is 0.00000338. The van der Waals surface area contributed by atoms with Crippen LogP contribution in [-0.2, 0) is 4.79 Å². The Labute approximate surface area is 164 Å². The zero-order valence-corrected chi connectivity index (χ0v) is 16.4. The minimum Gasteiger partial charge on any atom is -0.454 e. The molecule has 26 heavy (non-hydrogen) atoms. The second-order valence-corrected chi connectivity index (χ2v) is 6.71. The zero-order valence-electron chi connectivity index (χ0n) is 14.8. The third-order valence-electron chi connectivity index (χ3n) is 3.76. The third kappa shape index (κ3) is 6.52. The smallest absolute Gasteiger partial charge is 0.237 e. The molecule has 0 heterocycles. The van der Waals surface area contributed by atoms with Gasteiger partial charge in [0.2, 0.25) is 5.91 Å². The lowest BCUT2D eigenvalue weighted by Gasteiger charge is -2.18. The van der Waals surface area contributed by atoms with Crippen molar-refractivity contribution in [3.05, 3.63) is 59.9 Å². The second-order valence-electron chi connectivity index (χ2n) is 5.72. The summed E-state index contributed by atoms with van der Waals surface area (Å²) in [6.07, 6.45) is 2.58. The summed E-state index contributed by atoms with van der Waals surface area (Å²) in [6, 6.07) is 12.8. The van der Waals surface area contributed by atoms with E-state index in [9.17, 15) is 9.18 Å². The largest absolute Gasteiger partial charge is 0.454 e. The number of benzene rings is 2. The topological polar surface area (TPSA) is 64.4 Å². The van der Waals surface area contributed by atoms with E-state index in [1.807, 2.05) is 24.5 Å². The van der Waals surface area contributed by atoms with E-state index in [2.05, 4.69) is 5.32 Å². The molecule has 0 fully saturated rings. The van der Waals surface area contributed by atoms with E-state index in [1.54, 1.807) is 43.0 Å². The number of para-hydroxylation sites is 1. The van der Waals surface area contributed by atoms with Gasteiger partial charge in [-0.05, 0) is 55.2 Å². The monoisotopic (exact) mass is 398 g/mol. The van der Waals surface area contributed by atoms with Crippen molar-refractivity contribution in [3.8, 4) is 11.5 Å². The molecule has 2 atom stereocenters. The van der Waals surface area contributed by atoms with Crippen molar-refractivity contribution >= 4 is 30.1 Å². The van der Waals surface area contributed by atoms with Crippen LogP contribution in [0.1, 0.15) is 24.9 Å². The second kappa shape index (κ2) is 11.1.